The van der Waals surface area contributed by atoms with Crippen molar-refractivity contribution in [2.45, 2.75) is 56.5 Å². The predicted octanol–water partition coefficient (Wildman–Crippen LogP) is 4.35. The first-order valence-electron chi connectivity index (χ1n) is 10.4. The summed E-state index contributed by atoms with van der Waals surface area (Å²) < 4.78 is 5.29. The van der Waals surface area contributed by atoms with Crippen LogP contribution in [0.5, 0.6) is 5.75 Å². The van der Waals surface area contributed by atoms with Gasteiger partial charge in [0, 0.05) is 30.6 Å². The van der Waals surface area contributed by atoms with Gasteiger partial charge in [0.25, 0.3) is 0 Å². The molecule has 2 aliphatic rings. The van der Waals surface area contributed by atoms with E-state index in [1.807, 2.05) is 23.5 Å². The molecule has 0 spiro atoms. The molecule has 1 aliphatic heterocycles. The van der Waals surface area contributed by atoms with Crippen LogP contribution in [0, 0.1) is 0 Å². The van der Waals surface area contributed by atoms with E-state index in [-0.39, 0.29) is 11.3 Å². The summed E-state index contributed by atoms with van der Waals surface area (Å²) in [6.07, 6.45) is 6.22. The van der Waals surface area contributed by atoms with E-state index in [9.17, 15) is 4.79 Å². The van der Waals surface area contributed by atoms with Gasteiger partial charge in [0.1, 0.15) is 5.75 Å². The maximum absolute atomic E-state index is 13.4. The Kier molecular flexibility index (Phi) is 6.02. The summed E-state index contributed by atoms with van der Waals surface area (Å²) in [7, 11) is 1.68. The summed E-state index contributed by atoms with van der Waals surface area (Å²) in [6, 6.07) is 12.7. The van der Waals surface area contributed by atoms with E-state index >= 15 is 0 Å². The standard InChI is InChI=1S/C23H30N2O2S/c1-27-20-8-6-18(7-9-20)23(12-2-3-13-23)22(26)24-19-10-14-25(15-11-19)17-21-5-4-16-28-21/h4-9,16,19H,2-3,10-15,17H2,1H3,(H,24,26). The molecule has 4 nitrogen and oxygen atoms in total. The van der Waals surface area contributed by atoms with Crippen molar-refractivity contribution in [2.24, 2.45) is 0 Å². The van der Waals surface area contributed by atoms with E-state index in [0.29, 0.717) is 6.04 Å². The first-order valence-corrected chi connectivity index (χ1v) is 11.3. The zero-order valence-electron chi connectivity index (χ0n) is 16.7. The quantitative estimate of drug-likeness (QED) is 0.787. The van der Waals surface area contributed by atoms with Crippen molar-refractivity contribution in [1.82, 2.24) is 10.2 Å². The van der Waals surface area contributed by atoms with Gasteiger partial charge in [-0.1, -0.05) is 31.0 Å². The van der Waals surface area contributed by atoms with Crippen LogP contribution in [-0.4, -0.2) is 37.0 Å². The van der Waals surface area contributed by atoms with Gasteiger partial charge in [-0.25, -0.2) is 0 Å². The molecule has 1 saturated heterocycles. The van der Waals surface area contributed by atoms with Crippen LogP contribution in [0.15, 0.2) is 41.8 Å². The lowest BCUT2D eigenvalue weighted by Gasteiger charge is -2.35. The highest BCUT2D eigenvalue weighted by molar-refractivity contribution is 7.09. The number of rotatable bonds is 6. The number of ether oxygens (including phenoxy) is 1. The molecule has 0 radical (unpaired) electrons. The monoisotopic (exact) mass is 398 g/mol. The Morgan fingerprint density at radius 3 is 2.50 bits per heavy atom. The molecular formula is C23H30N2O2S. The zero-order chi connectivity index (χ0) is 19.4. The maximum atomic E-state index is 13.4. The molecule has 1 aromatic heterocycles. The van der Waals surface area contributed by atoms with Gasteiger partial charge in [0.05, 0.1) is 12.5 Å². The van der Waals surface area contributed by atoms with Crippen molar-refractivity contribution in [1.29, 1.82) is 0 Å². The van der Waals surface area contributed by atoms with Gasteiger partial charge < -0.3 is 10.1 Å². The number of nitrogens with one attached hydrogen (secondary N) is 1. The summed E-state index contributed by atoms with van der Waals surface area (Å²) in [6.45, 7) is 3.14. The van der Waals surface area contributed by atoms with Gasteiger partial charge in [-0.05, 0) is 54.8 Å². The minimum absolute atomic E-state index is 0.229. The van der Waals surface area contributed by atoms with Crippen LogP contribution in [0.1, 0.15) is 49.0 Å². The number of carbonyl (C=O) groups is 1. The van der Waals surface area contributed by atoms with E-state index < -0.39 is 0 Å². The first kappa shape index (κ1) is 19.5. The Balaban J connectivity index is 1.37. The molecule has 2 fully saturated rings. The molecule has 1 aliphatic carbocycles. The Hall–Kier alpha value is -1.85. The molecule has 1 aromatic carbocycles. The highest BCUT2D eigenvalue weighted by atomic mass is 32.1. The molecule has 1 N–H and O–H groups in total. The molecule has 2 heterocycles. The van der Waals surface area contributed by atoms with Crippen LogP contribution in [-0.2, 0) is 16.8 Å². The number of carbonyl (C=O) groups excluding carboxylic acids is 1. The minimum Gasteiger partial charge on any atom is -0.497 e. The minimum atomic E-state index is -0.361. The van der Waals surface area contributed by atoms with Crippen molar-refractivity contribution in [3.63, 3.8) is 0 Å². The molecule has 1 saturated carbocycles. The van der Waals surface area contributed by atoms with Gasteiger partial charge in [-0.2, -0.15) is 0 Å². The van der Waals surface area contributed by atoms with E-state index in [0.717, 1.165) is 69.5 Å². The molecular weight excluding hydrogens is 368 g/mol. The topological polar surface area (TPSA) is 41.6 Å². The van der Waals surface area contributed by atoms with Gasteiger partial charge in [0.15, 0.2) is 0 Å². The van der Waals surface area contributed by atoms with E-state index in [2.05, 4.69) is 39.9 Å². The average molecular weight is 399 g/mol. The largest absolute Gasteiger partial charge is 0.497 e. The zero-order valence-corrected chi connectivity index (χ0v) is 17.5. The normalized spacial score (nSPS) is 20.2. The Bertz CT molecular complexity index is 758. The Morgan fingerprint density at radius 1 is 1.18 bits per heavy atom. The predicted molar refractivity (Wildman–Crippen MR) is 114 cm³/mol. The van der Waals surface area contributed by atoms with Crippen molar-refractivity contribution in [3.05, 3.63) is 52.2 Å². The van der Waals surface area contributed by atoms with Gasteiger partial charge in [-0.3, -0.25) is 9.69 Å². The molecule has 2 aromatic rings. The molecule has 4 rings (SSSR count). The molecule has 28 heavy (non-hydrogen) atoms. The molecule has 0 unspecified atom stereocenters. The number of benzene rings is 1. The van der Waals surface area contributed by atoms with E-state index in [1.54, 1.807) is 7.11 Å². The number of nitrogens with zero attached hydrogens (tertiary/aromatic N) is 1. The third-order valence-corrected chi connectivity index (χ3v) is 7.28. The summed E-state index contributed by atoms with van der Waals surface area (Å²) in [5.74, 6) is 1.07. The number of methoxy groups -OCH3 is 1. The number of likely N-dealkylation sites (tertiary alicyclic amines) is 1. The average Bonchev–Trinajstić information content (AvgIpc) is 3.42. The highest BCUT2D eigenvalue weighted by Gasteiger charge is 2.43. The van der Waals surface area contributed by atoms with Gasteiger partial charge >= 0.3 is 0 Å². The number of piperidine rings is 1. The Morgan fingerprint density at radius 2 is 1.89 bits per heavy atom. The summed E-state index contributed by atoms with van der Waals surface area (Å²) in [5, 5.41) is 5.56. The first-order chi connectivity index (χ1) is 13.7. The second kappa shape index (κ2) is 8.66. The Labute approximate surface area is 171 Å². The highest BCUT2D eigenvalue weighted by Crippen LogP contribution is 2.42. The fraction of sp³-hybridized carbons (Fsp3) is 0.522. The molecule has 1 amide bonds. The molecule has 150 valence electrons. The van der Waals surface area contributed by atoms with Crippen LogP contribution in [0.3, 0.4) is 0 Å². The smallest absolute Gasteiger partial charge is 0.230 e. The maximum Gasteiger partial charge on any atom is 0.230 e. The number of amides is 1. The molecule has 0 atom stereocenters. The lowest BCUT2D eigenvalue weighted by molar-refractivity contribution is -0.127. The van der Waals surface area contributed by atoms with E-state index in [4.69, 9.17) is 4.74 Å². The van der Waals surface area contributed by atoms with Crippen LogP contribution in [0.25, 0.3) is 0 Å². The fourth-order valence-corrected chi connectivity index (χ4v) is 5.46. The number of thiophene rings is 1. The second-order valence-corrected chi connectivity index (χ2v) is 9.15. The van der Waals surface area contributed by atoms with Crippen LogP contribution in [0.4, 0.5) is 0 Å². The second-order valence-electron chi connectivity index (χ2n) is 8.12. The fourth-order valence-electron chi connectivity index (χ4n) is 4.72. The van der Waals surface area contributed by atoms with Crippen molar-refractivity contribution in [3.8, 4) is 5.75 Å². The van der Waals surface area contributed by atoms with Crippen molar-refractivity contribution < 1.29 is 9.53 Å². The third kappa shape index (κ3) is 4.11. The number of hydrogen-bond donors (Lipinski definition) is 1. The SMILES string of the molecule is COc1ccc(C2(C(=O)NC3CCN(Cc4cccs4)CC3)CCCC2)cc1. The number of hydrogen-bond acceptors (Lipinski definition) is 4. The van der Waals surface area contributed by atoms with Gasteiger partial charge in [0.2, 0.25) is 5.91 Å². The van der Waals surface area contributed by atoms with Crippen molar-refractivity contribution >= 4 is 17.2 Å². The lowest BCUT2D eigenvalue weighted by atomic mass is 9.77. The van der Waals surface area contributed by atoms with Crippen LogP contribution >= 0.6 is 11.3 Å². The molecule has 5 heteroatoms. The van der Waals surface area contributed by atoms with E-state index in [1.165, 1.54) is 4.88 Å². The van der Waals surface area contributed by atoms with Gasteiger partial charge in [-0.15, -0.1) is 11.3 Å². The summed E-state index contributed by atoms with van der Waals surface area (Å²) in [5.41, 5.74) is 0.777. The molecule has 0 bridgehead atoms. The lowest BCUT2D eigenvalue weighted by Crippen LogP contribution is -2.50. The summed E-state index contributed by atoms with van der Waals surface area (Å²) >= 11 is 1.82. The van der Waals surface area contributed by atoms with Crippen LogP contribution < -0.4 is 10.1 Å². The third-order valence-electron chi connectivity index (χ3n) is 6.42. The van der Waals surface area contributed by atoms with Crippen molar-refractivity contribution in [2.75, 3.05) is 20.2 Å². The van der Waals surface area contributed by atoms with Crippen LogP contribution in [0.2, 0.25) is 0 Å². The summed E-state index contributed by atoms with van der Waals surface area (Å²) in [4.78, 5) is 17.3.